The molecular weight excluding hydrogens is 259 g/mol. The Balaban J connectivity index is 1.78. The number of amides is 1. The zero-order chi connectivity index (χ0) is 13.9. The zero-order valence-corrected chi connectivity index (χ0v) is 10.9. The number of carbonyl (C=O) groups excluding carboxylic acids is 1. The normalized spacial score (nSPS) is 25.2. The quantitative estimate of drug-likeness (QED) is 0.831. The van der Waals surface area contributed by atoms with E-state index >= 15 is 0 Å². The van der Waals surface area contributed by atoms with Crippen LogP contribution in [0.2, 0.25) is 0 Å². The lowest BCUT2D eigenvalue weighted by atomic mass is 10.2. The summed E-state index contributed by atoms with van der Waals surface area (Å²) in [6.07, 6.45) is -1.12. The van der Waals surface area contributed by atoms with Gasteiger partial charge in [-0.25, -0.2) is 0 Å². The molecule has 1 unspecified atom stereocenters. The molecule has 0 saturated carbocycles. The number of carbonyl (C=O) groups is 1. The van der Waals surface area contributed by atoms with Gasteiger partial charge < -0.3 is 10.2 Å². The van der Waals surface area contributed by atoms with E-state index < -0.39 is 12.7 Å². The molecule has 0 bridgehead atoms. The van der Waals surface area contributed by atoms with E-state index in [0.717, 1.165) is 32.4 Å². The van der Waals surface area contributed by atoms with Crippen molar-refractivity contribution < 1.29 is 18.0 Å². The van der Waals surface area contributed by atoms with Gasteiger partial charge in [-0.3, -0.25) is 9.69 Å². The van der Waals surface area contributed by atoms with Crippen molar-refractivity contribution in [2.75, 3.05) is 39.3 Å². The van der Waals surface area contributed by atoms with Crippen LogP contribution in [-0.2, 0) is 4.79 Å². The summed E-state index contributed by atoms with van der Waals surface area (Å²) < 4.78 is 36.0. The van der Waals surface area contributed by atoms with Crippen LogP contribution in [0.25, 0.3) is 0 Å². The van der Waals surface area contributed by atoms with Crippen LogP contribution < -0.4 is 5.32 Å². The van der Waals surface area contributed by atoms with Gasteiger partial charge in [0.1, 0.15) is 0 Å². The molecule has 2 aliphatic heterocycles. The molecule has 0 aliphatic carbocycles. The summed E-state index contributed by atoms with van der Waals surface area (Å²) in [5.74, 6) is -0.224. The zero-order valence-electron chi connectivity index (χ0n) is 10.9. The van der Waals surface area contributed by atoms with Crippen LogP contribution in [0.4, 0.5) is 13.2 Å². The van der Waals surface area contributed by atoms with Crippen molar-refractivity contribution in [1.29, 1.82) is 0 Å². The summed E-state index contributed by atoms with van der Waals surface area (Å²) in [5.41, 5.74) is 0. The molecule has 0 aromatic heterocycles. The maximum absolute atomic E-state index is 12.0. The molecule has 4 nitrogen and oxygen atoms in total. The van der Waals surface area contributed by atoms with Gasteiger partial charge in [0.25, 0.3) is 0 Å². The summed E-state index contributed by atoms with van der Waals surface area (Å²) in [5, 5.41) is 2.17. The molecular formula is C12H20F3N3O. The molecule has 7 heteroatoms. The Kier molecular flexibility index (Phi) is 4.67. The number of nitrogens with one attached hydrogen (secondary N) is 1. The number of nitrogens with zero attached hydrogens (tertiary/aromatic N) is 2. The van der Waals surface area contributed by atoms with Crippen molar-refractivity contribution in [2.24, 2.45) is 0 Å². The lowest BCUT2D eigenvalue weighted by Crippen LogP contribution is -2.44. The van der Waals surface area contributed by atoms with Crippen LogP contribution in [0, 0.1) is 0 Å². The average molecular weight is 279 g/mol. The molecule has 0 spiro atoms. The Labute approximate surface area is 110 Å². The summed E-state index contributed by atoms with van der Waals surface area (Å²) in [4.78, 5) is 16.0. The van der Waals surface area contributed by atoms with Crippen LogP contribution in [0.15, 0.2) is 0 Å². The first-order valence-corrected chi connectivity index (χ1v) is 6.75. The number of fused-ring (bicyclic) bond motifs is 1. The highest BCUT2D eigenvalue weighted by molar-refractivity contribution is 5.78. The van der Waals surface area contributed by atoms with Crippen molar-refractivity contribution in [2.45, 2.75) is 31.5 Å². The Bertz CT molecular complexity index is 322. The molecule has 2 heterocycles. The number of hydrogen-bond acceptors (Lipinski definition) is 3. The maximum Gasteiger partial charge on any atom is 0.401 e. The third kappa shape index (κ3) is 4.35. The second-order valence-corrected chi connectivity index (χ2v) is 5.24. The molecule has 2 fully saturated rings. The van der Waals surface area contributed by atoms with Crippen LogP contribution >= 0.6 is 0 Å². The standard InChI is InChI=1S/C12H20F3N3O/c13-12(14,15)9-16-7-11(19)18-6-2-5-17-4-1-3-10(17)8-18/h10,16H,1-9H2. The summed E-state index contributed by atoms with van der Waals surface area (Å²) in [6, 6.07) is 0.397. The summed E-state index contributed by atoms with van der Waals surface area (Å²) in [7, 11) is 0. The van der Waals surface area contributed by atoms with Crippen molar-refractivity contribution in [1.82, 2.24) is 15.1 Å². The van der Waals surface area contributed by atoms with Gasteiger partial charge in [0.15, 0.2) is 0 Å². The minimum Gasteiger partial charge on any atom is -0.340 e. The molecule has 0 aromatic rings. The number of rotatable bonds is 3. The number of hydrogen-bond donors (Lipinski definition) is 1. The van der Waals surface area contributed by atoms with E-state index in [9.17, 15) is 18.0 Å². The first-order valence-electron chi connectivity index (χ1n) is 6.75. The van der Waals surface area contributed by atoms with Crippen LogP contribution in [0.1, 0.15) is 19.3 Å². The molecule has 1 atom stereocenters. The smallest absolute Gasteiger partial charge is 0.340 e. The molecule has 1 amide bonds. The van der Waals surface area contributed by atoms with E-state index in [4.69, 9.17) is 0 Å². The lowest BCUT2D eigenvalue weighted by Gasteiger charge is -2.25. The Hall–Kier alpha value is -0.820. The minimum absolute atomic E-state index is 0.224. The molecule has 1 N–H and O–H groups in total. The first-order chi connectivity index (χ1) is 8.96. The molecule has 2 saturated heterocycles. The van der Waals surface area contributed by atoms with Crippen molar-refractivity contribution in [3.05, 3.63) is 0 Å². The van der Waals surface area contributed by atoms with Gasteiger partial charge in [0.05, 0.1) is 13.1 Å². The van der Waals surface area contributed by atoms with Crippen molar-refractivity contribution in [3.8, 4) is 0 Å². The van der Waals surface area contributed by atoms with E-state index in [-0.39, 0.29) is 12.5 Å². The Morgan fingerprint density at radius 1 is 1.21 bits per heavy atom. The third-order valence-electron chi connectivity index (χ3n) is 3.76. The fourth-order valence-corrected chi connectivity index (χ4v) is 2.86. The molecule has 110 valence electrons. The largest absolute Gasteiger partial charge is 0.401 e. The lowest BCUT2D eigenvalue weighted by molar-refractivity contribution is -0.134. The Morgan fingerprint density at radius 2 is 1.95 bits per heavy atom. The van der Waals surface area contributed by atoms with E-state index in [1.54, 1.807) is 4.90 Å². The van der Waals surface area contributed by atoms with E-state index in [0.29, 0.717) is 19.1 Å². The predicted octanol–water partition coefficient (Wildman–Crippen LogP) is 0.835. The van der Waals surface area contributed by atoms with Gasteiger partial charge in [0, 0.05) is 25.7 Å². The van der Waals surface area contributed by atoms with Gasteiger partial charge in [0.2, 0.25) is 5.91 Å². The molecule has 19 heavy (non-hydrogen) atoms. The molecule has 0 radical (unpaired) electrons. The number of alkyl halides is 3. The van der Waals surface area contributed by atoms with E-state index in [1.165, 1.54) is 0 Å². The fraction of sp³-hybridized carbons (Fsp3) is 0.917. The van der Waals surface area contributed by atoms with E-state index in [2.05, 4.69) is 10.2 Å². The van der Waals surface area contributed by atoms with Gasteiger partial charge in [-0.1, -0.05) is 0 Å². The fourth-order valence-electron chi connectivity index (χ4n) is 2.86. The van der Waals surface area contributed by atoms with Gasteiger partial charge in [-0.2, -0.15) is 13.2 Å². The van der Waals surface area contributed by atoms with Crippen LogP contribution in [0.3, 0.4) is 0 Å². The minimum atomic E-state index is -4.26. The van der Waals surface area contributed by atoms with Gasteiger partial charge in [-0.05, 0) is 25.8 Å². The van der Waals surface area contributed by atoms with Gasteiger partial charge >= 0.3 is 6.18 Å². The van der Waals surface area contributed by atoms with Crippen LogP contribution in [0.5, 0.6) is 0 Å². The average Bonchev–Trinajstić information content (AvgIpc) is 2.64. The maximum atomic E-state index is 12.0. The topological polar surface area (TPSA) is 35.6 Å². The second kappa shape index (κ2) is 6.09. The molecule has 2 aliphatic rings. The van der Waals surface area contributed by atoms with Crippen molar-refractivity contribution in [3.63, 3.8) is 0 Å². The second-order valence-electron chi connectivity index (χ2n) is 5.24. The predicted molar refractivity (Wildman–Crippen MR) is 64.7 cm³/mol. The highest BCUT2D eigenvalue weighted by Gasteiger charge is 2.31. The molecule has 0 aromatic carbocycles. The third-order valence-corrected chi connectivity index (χ3v) is 3.76. The van der Waals surface area contributed by atoms with E-state index in [1.807, 2.05) is 0 Å². The van der Waals surface area contributed by atoms with Crippen molar-refractivity contribution >= 4 is 5.91 Å². The monoisotopic (exact) mass is 279 g/mol. The number of halogens is 3. The summed E-state index contributed by atoms with van der Waals surface area (Å²) >= 11 is 0. The SMILES string of the molecule is O=C(CNCC(F)(F)F)N1CCCN2CCCC2C1. The first kappa shape index (κ1) is 14.6. The highest BCUT2D eigenvalue weighted by atomic mass is 19.4. The summed E-state index contributed by atoms with van der Waals surface area (Å²) in [6.45, 7) is 2.05. The van der Waals surface area contributed by atoms with Crippen LogP contribution in [-0.4, -0.2) is 67.2 Å². The molecule has 2 rings (SSSR count). The van der Waals surface area contributed by atoms with Gasteiger partial charge in [-0.15, -0.1) is 0 Å². The highest BCUT2D eigenvalue weighted by Crippen LogP contribution is 2.21. The Morgan fingerprint density at radius 3 is 2.68 bits per heavy atom.